The molecule has 0 radical (unpaired) electrons. The molecule has 0 aliphatic carbocycles. The molecule has 25 heavy (non-hydrogen) atoms. The minimum absolute atomic E-state index is 0.129. The molecular weight excluding hydrogens is 336 g/mol. The van der Waals surface area contributed by atoms with Crippen molar-refractivity contribution < 1.29 is 14.3 Å². The number of carbonyl (C=O) groups is 2. The summed E-state index contributed by atoms with van der Waals surface area (Å²) >= 11 is 1.64. The first-order chi connectivity index (χ1) is 12.2. The number of cyclic esters (lactones) is 1. The molecule has 1 aliphatic rings. The van der Waals surface area contributed by atoms with E-state index in [-0.39, 0.29) is 18.3 Å². The second kappa shape index (κ2) is 6.64. The molecule has 4 rings (SSSR count). The van der Waals surface area contributed by atoms with Gasteiger partial charge in [-0.2, -0.15) is 0 Å². The molecule has 3 aromatic rings. The van der Waals surface area contributed by atoms with Gasteiger partial charge in [0.25, 0.3) is 0 Å². The van der Waals surface area contributed by atoms with Crippen LogP contribution in [0.25, 0.3) is 10.2 Å². The Kier molecular flexibility index (Phi) is 4.19. The molecule has 0 spiro atoms. The van der Waals surface area contributed by atoms with Crippen molar-refractivity contribution >= 4 is 33.4 Å². The minimum atomic E-state index is -0.494. The smallest absolute Gasteiger partial charge is 0.339 e. The lowest BCUT2D eigenvalue weighted by Gasteiger charge is -2.10. The van der Waals surface area contributed by atoms with Gasteiger partial charge < -0.3 is 10.1 Å². The molecule has 1 aromatic heterocycles. The SMILES string of the molecule is O=C(CC1OC(=O)c2ccccc21)NCCc1nc2ccccc2s1. The van der Waals surface area contributed by atoms with Crippen LogP contribution in [-0.2, 0) is 16.0 Å². The number of hydrogen-bond acceptors (Lipinski definition) is 5. The number of para-hydroxylation sites is 1. The number of amides is 1. The normalized spacial score (nSPS) is 15.8. The van der Waals surface area contributed by atoms with Gasteiger partial charge in [0.15, 0.2) is 0 Å². The number of nitrogens with zero attached hydrogens (tertiary/aromatic N) is 1. The van der Waals surface area contributed by atoms with Crippen molar-refractivity contribution in [2.45, 2.75) is 18.9 Å². The van der Waals surface area contributed by atoms with Crippen LogP contribution in [0.4, 0.5) is 0 Å². The monoisotopic (exact) mass is 352 g/mol. The van der Waals surface area contributed by atoms with Gasteiger partial charge in [-0.3, -0.25) is 4.79 Å². The zero-order valence-corrected chi connectivity index (χ0v) is 14.2. The number of rotatable bonds is 5. The third kappa shape index (κ3) is 3.25. The van der Waals surface area contributed by atoms with Crippen LogP contribution < -0.4 is 5.32 Å². The van der Waals surface area contributed by atoms with E-state index in [1.807, 2.05) is 36.4 Å². The first-order valence-corrected chi connectivity index (χ1v) is 8.93. The highest BCUT2D eigenvalue weighted by atomic mass is 32.1. The summed E-state index contributed by atoms with van der Waals surface area (Å²) in [7, 11) is 0. The first-order valence-electron chi connectivity index (χ1n) is 8.12. The van der Waals surface area contributed by atoms with E-state index >= 15 is 0 Å². The summed E-state index contributed by atoms with van der Waals surface area (Å²) in [5, 5.41) is 3.88. The van der Waals surface area contributed by atoms with Gasteiger partial charge >= 0.3 is 5.97 Å². The highest BCUT2D eigenvalue weighted by Crippen LogP contribution is 2.32. The number of aromatic nitrogens is 1. The summed E-state index contributed by atoms with van der Waals surface area (Å²) in [5.74, 6) is -0.488. The van der Waals surface area contributed by atoms with Crippen molar-refractivity contribution in [1.82, 2.24) is 10.3 Å². The van der Waals surface area contributed by atoms with Crippen LogP contribution in [0.15, 0.2) is 48.5 Å². The molecule has 0 saturated carbocycles. The fraction of sp³-hybridized carbons (Fsp3) is 0.211. The van der Waals surface area contributed by atoms with Crippen molar-refractivity contribution in [2.75, 3.05) is 6.54 Å². The van der Waals surface area contributed by atoms with Crippen molar-refractivity contribution in [3.05, 3.63) is 64.7 Å². The molecule has 0 saturated heterocycles. The predicted molar refractivity (Wildman–Crippen MR) is 95.5 cm³/mol. The van der Waals surface area contributed by atoms with Crippen LogP contribution in [0.3, 0.4) is 0 Å². The summed E-state index contributed by atoms with van der Waals surface area (Å²) in [6.45, 7) is 0.515. The van der Waals surface area contributed by atoms with Crippen LogP contribution in [0, 0.1) is 0 Å². The number of esters is 1. The van der Waals surface area contributed by atoms with Crippen molar-refractivity contribution in [1.29, 1.82) is 0 Å². The summed E-state index contributed by atoms with van der Waals surface area (Å²) in [6, 6.07) is 15.2. The third-order valence-electron chi connectivity index (χ3n) is 4.15. The fourth-order valence-corrected chi connectivity index (χ4v) is 3.91. The third-order valence-corrected chi connectivity index (χ3v) is 5.24. The van der Waals surface area contributed by atoms with Crippen LogP contribution in [-0.4, -0.2) is 23.4 Å². The maximum absolute atomic E-state index is 12.2. The van der Waals surface area contributed by atoms with E-state index in [1.165, 1.54) is 0 Å². The average Bonchev–Trinajstić information content (AvgIpc) is 3.16. The van der Waals surface area contributed by atoms with Gasteiger partial charge in [0.2, 0.25) is 5.91 Å². The molecule has 0 fully saturated rings. The van der Waals surface area contributed by atoms with Crippen molar-refractivity contribution in [2.24, 2.45) is 0 Å². The molecule has 1 atom stereocenters. The molecule has 2 heterocycles. The summed E-state index contributed by atoms with van der Waals surface area (Å²) < 4.78 is 6.45. The largest absolute Gasteiger partial charge is 0.453 e. The Balaban J connectivity index is 1.32. The highest BCUT2D eigenvalue weighted by molar-refractivity contribution is 7.18. The molecule has 1 amide bonds. The quantitative estimate of drug-likeness (QED) is 0.716. The van der Waals surface area contributed by atoms with Gasteiger partial charge in [0, 0.05) is 18.5 Å². The Morgan fingerprint density at radius 2 is 1.96 bits per heavy atom. The molecule has 6 heteroatoms. The first kappa shape index (κ1) is 15.8. The zero-order valence-electron chi connectivity index (χ0n) is 13.4. The second-order valence-electron chi connectivity index (χ2n) is 5.86. The Morgan fingerprint density at radius 3 is 2.84 bits per heavy atom. The maximum atomic E-state index is 12.2. The number of thiazole rings is 1. The molecule has 1 aliphatic heterocycles. The second-order valence-corrected chi connectivity index (χ2v) is 6.98. The van der Waals surface area contributed by atoms with Gasteiger partial charge in [-0.05, 0) is 18.2 Å². The Labute approximate surface area is 148 Å². The van der Waals surface area contributed by atoms with Gasteiger partial charge in [-0.1, -0.05) is 30.3 Å². The minimum Gasteiger partial charge on any atom is -0.453 e. The van der Waals surface area contributed by atoms with Crippen LogP contribution in [0.2, 0.25) is 0 Å². The number of fused-ring (bicyclic) bond motifs is 2. The van der Waals surface area contributed by atoms with Crippen LogP contribution in [0.5, 0.6) is 0 Å². The summed E-state index contributed by atoms with van der Waals surface area (Å²) in [5.41, 5.74) is 2.33. The Bertz CT molecular complexity index is 918. The zero-order chi connectivity index (χ0) is 17.2. The standard InChI is InChI=1S/C19H16N2O3S/c22-17(11-15-12-5-1-2-6-13(12)19(23)24-15)20-10-9-18-21-14-7-3-4-8-16(14)25-18/h1-8,15H,9-11H2,(H,20,22). The lowest BCUT2D eigenvalue weighted by atomic mass is 10.0. The predicted octanol–water partition coefficient (Wildman–Crippen LogP) is 3.26. The number of nitrogens with one attached hydrogen (secondary N) is 1. The van der Waals surface area contributed by atoms with Gasteiger partial charge in [-0.15, -0.1) is 11.3 Å². The van der Waals surface area contributed by atoms with Crippen LogP contribution >= 0.6 is 11.3 Å². The van der Waals surface area contributed by atoms with E-state index in [9.17, 15) is 9.59 Å². The summed E-state index contributed by atoms with van der Waals surface area (Å²) in [6.07, 6.45) is 0.334. The van der Waals surface area contributed by atoms with Crippen molar-refractivity contribution in [3.8, 4) is 0 Å². The lowest BCUT2D eigenvalue weighted by molar-refractivity contribution is -0.122. The molecule has 0 bridgehead atoms. The van der Waals surface area contributed by atoms with Crippen molar-refractivity contribution in [3.63, 3.8) is 0 Å². The van der Waals surface area contributed by atoms with Gasteiger partial charge in [0.1, 0.15) is 6.10 Å². The number of ether oxygens (including phenoxy) is 1. The Morgan fingerprint density at radius 1 is 1.16 bits per heavy atom. The van der Waals surface area contributed by atoms with Gasteiger partial charge in [-0.25, -0.2) is 9.78 Å². The summed E-state index contributed by atoms with van der Waals surface area (Å²) in [4.78, 5) is 28.5. The fourth-order valence-electron chi connectivity index (χ4n) is 2.95. The van der Waals surface area contributed by atoms with Gasteiger partial charge in [0.05, 0.1) is 27.2 Å². The van der Waals surface area contributed by atoms with E-state index in [2.05, 4.69) is 10.3 Å². The molecule has 1 unspecified atom stereocenters. The molecule has 2 aromatic carbocycles. The number of carbonyl (C=O) groups excluding carboxylic acids is 2. The number of benzene rings is 2. The lowest BCUT2D eigenvalue weighted by Crippen LogP contribution is -2.27. The van der Waals surface area contributed by atoms with E-state index in [4.69, 9.17) is 4.74 Å². The molecule has 1 N–H and O–H groups in total. The Hall–Kier alpha value is -2.73. The molecule has 5 nitrogen and oxygen atoms in total. The van der Waals surface area contributed by atoms with E-state index in [0.29, 0.717) is 18.5 Å². The number of hydrogen-bond donors (Lipinski definition) is 1. The average molecular weight is 352 g/mol. The molecule has 126 valence electrons. The highest BCUT2D eigenvalue weighted by Gasteiger charge is 2.31. The van der Waals surface area contributed by atoms with E-state index in [1.54, 1.807) is 23.5 Å². The maximum Gasteiger partial charge on any atom is 0.339 e. The topological polar surface area (TPSA) is 68.3 Å². The van der Waals surface area contributed by atoms with E-state index < -0.39 is 6.10 Å². The van der Waals surface area contributed by atoms with Crippen LogP contribution in [0.1, 0.15) is 33.5 Å². The van der Waals surface area contributed by atoms with E-state index in [0.717, 1.165) is 20.8 Å². The molecular formula is C19H16N2O3S.